The lowest BCUT2D eigenvalue weighted by molar-refractivity contribution is 0.0961. The van der Waals surface area contributed by atoms with E-state index in [1.807, 2.05) is 18.3 Å². The van der Waals surface area contributed by atoms with Crippen LogP contribution >= 0.6 is 23.8 Å². The first-order valence-electron chi connectivity index (χ1n) is 13.8. The molecule has 0 amide bonds. The maximum Gasteiger partial charge on any atom is 0.174 e. The zero-order valence-corrected chi connectivity index (χ0v) is 23.7. The van der Waals surface area contributed by atoms with Gasteiger partial charge in [0.05, 0.1) is 28.5 Å². The molecule has 3 aliphatic rings. The van der Waals surface area contributed by atoms with Gasteiger partial charge in [-0.05, 0) is 85.8 Å². The molecule has 3 aliphatic heterocycles. The van der Waals surface area contributed by atoms with Crippen molar-refractivity contribution in [2.75, 3.05) is 29.5 Å². The first kappa shape index (κ1) is 25.7. The van der Waals surface area contributed by atoms with Crippen LogP contribution in [0.3, 0.4) is 0 Å². The Labute approximate surface area is 235 Å². The summed E-state index contributed by atoms with van der Waals surface area (Å²) in [6.45, 7) is 8.40. The molecule has 3 fully saturated rings. The second-order valence-corrected chi connectivity index (χ2v) is 12.0. The Kier molecular flexibility index (Phi) is 7.34. The molecule has 1 aromatic carbocycles. The summed E-state index contributed by atoms with van der Waals surface area (Å²) in [6, 6.07) is 16.6. The number of hydrogen-bond acceptors (Lipinski definition) is 4. The van der Waals surface area contributed by atoms with E-state index in [0.29, 0.717) is 16.9 Å². The van der Waals surface area contributed by atoms with Crippen LogP contribution in [0.25, 0.3) is 0 Å². The predicted octanol–water partition coefficient (Wildman–Crippen LogP) is 6.37. The van der Waals surface area contributed by atoms with Gasteiger partial charge < -0.3 is 24.4 Å². The summed E-state index contributed by atoms with van der Waals surface area (Å²) < 4.78 is 8.30. The molecule has 0 bridgehead atoms. The van der Waals surface area contributed by atoms with Crippen molar-refractivity contribution in [3.05, 3.63) is 77.3 Å². The molecule has 200 valence electrons. The number of pyridine rings is 1. The van der Waals surface area contributed by atoms with Gasteiger partial charge in [-0.25, -0.2) is 0 Å². The molecule has 0 saturated carbocycles. The van der Waals surface area contributed by atoms with Crippen LogP contribution < -0.4 is 15.1 Å². The summed E-state index contributed by atoms with van der Waals surface area (Å²) in [7, 11) is 0. The average Bonchev–Trinajstić information content (AvgIpc) is 3.65. The van der Waals surface area contributed by atoms with E-state index >= 15 is 0 Å². The first-order chi connectivity index (χ1) is 18.5. The van der Waals surface area contributed by atoms with Crippen molar-refractivity contribution in [3.8, 4) is 0 Å². The maximum atomic E-state index is 6.99. The fourth-order valence-electron chi connectivity index (χ4n) is 6.56. The summed E-state index contributed by atoms with van der Waals surface area (Å²) >= 11 is 13.0. The van der Waals surface area contributed by atoms with Gasteiger partial charge in [-0.15, -0.1) is 0 Å². The molecule has 0 spiro atoms. The van der Waals surface area contributed by atoms with Crippen molar-refractivity contribution in [2.45, 2.75) is 57.8 Å². The quantitative estimate of drug-likeness (QED) is 0.360. The minimum absolute atomic E-state index is 0.0780. The molecule has 6 nitrogen and oxygen atoms in total. The fraction of sp³-hybridized carbons (Fsp3) is 0.467. The highest BCUT2D eigenvalue weighted by atomic mass is 35.5. The van der Waals surface area contributed by atoms with Gasteiger partial charge in [0, 0.05) is 50.0 Å². The standard InChI is InChI=1S/C30H36ClN5OS/c1-20-15-21(2)18-35(17-20)26-11-10-22(16-24(26)31)36-29(28(33-30(36)38)25-8-3-4-12-32-25)27-9-5-13-34(27)19-23-7-6-14-37-23/h3-5,8-13,16,20-21,23,28-29H,6-7,14-15,17-19H2,1-2H3,(H,33,38)/t20-,21+,23-,28+,29+/m0/s1. The van der Waals surface area contributed by atoms with Crippen LogP contribution in [0.15, 0.2) is 60.9 Å². The van der Waals surface area contributed by atoms with Crippen LogP contribution in [-0.2, 0) is 11.3 Å². The largest absolute Gasteiger partial charge is 0.376 e. The van der Waals surface area contributed by atoms with E-state index in [1.165, 1.54) is 12.1 Å². The van der Waals surface area contributed by atoms with Gasteiger partial charge in [-0.2, -0.15) is 0 Å². The average molecular weight is 550 g/mol. The summed E-state index contributed by atoms with van der Waals surface area (Å²) in [5.74, 6) is 1.31. The highest BCUT2D eigenvalue weighted by Crippen LogP contribution is 2.44. The van der Waals surface area contributed by atoms with E-state index in [2.05, 4.69) is 76.1 Å². The first-order valence-corrected chi connectivity index (χ1v) is 14.6. The monoisotopic (exact) mass is 549 g/mol. The van der Waals surface area contributed by atoms with Crippen molar-refractivity contribution in [3.63, 3.8) is 0 Å². The van der Waals surface area contributed by atoms with Gasteiger partial charge in [0.25, 0.3) is 0 Å². The predicted molar refractivity (Wildman–Crippen MR) is 158 cm³/mol. The number of nitrogens with one attached hydrogen (secondary N) is 1. The Balaban J connectivity index is 1.37. The molecule has 38 heavy (non-hydrogen) atoms. The smallest absolute Gasteiger partial charge is 0.174 e. The van der Waals surface area contributed by atoms with E-state index in [1.54, 1.807) is 0 Å². The molecule has 5 atom stereocenters. The molecule has 2 aromatic heterocycles. The number of piperidine rings is 1. The second kappa shape index (κ2) is 10.9. The Morgan fingerprint density at radius 1 is 1.11 bits per heavy atom. The lowest BCUT2D eigenvalue weighted by atomic mass is 9.91. The molecule has 0 aliphatic carbocycles. The van der Waals surface area contributed by atoms with Crippen molar-refractivity contribution >= 4 is 40.3 Å². The normalized spacial score (nSPS) is 27.7. The third-order valence-corrected chi connectivity index (χ3v) is 8.73. The van der Waals surface area contributed by atoms with E-state index in [9.17, 15) is 0 Å². The van der Waals surface area contributed by atoms with Crippen LogP contribution in [-0.4, -0.2) is 40.5 Å². The molecule has 1 N–H and O–H groups in total. The zero-order chi connectivity index (χ0) is 26.2. The molecule has 3 aromatic rings. The summed E-state index contributed by atoms with van der Waals surface area (Å²) in [6.07, 6.45) is 7.72. The number of rotatable bonds is 6. The number of hydrogen-bond donors (Lipinski definition) is 1. The third kappa shape index (κ3) is 5.04. The Morgan fingerprint density at radius 2 is 1.95 bits per heavy atom. The topological polar surface area (TPSA) is 45.6 Å². The van der Waals surface area contributed by atoms with Crippen molar-refractivity contribution in [1.29, 1.82) is 0 Å². The summed E-state index contributed by atoms with van der Waals surface area (Å²) in [5, 5.41) is 5.03. The van der Waals surface area contributed by atoms with Crippen molar-refractivity contribution in [2.24, 2.45) is 11.8 Å². The zero-order valence-electron chi connectivity index (χ0n) is 22.1. The molecular weight excluding hydrogens is 514 g/mol. The lowest BCUT2D eigenvalue weighted by Gasteiger charge is -2.37. The number of benzene rings is 1. The van der Waals surface area contributed by atoms with Crippen LogP contribution in [0.2, 0.25) is 5.02 Å². The molecule has 0 unspecified atom stereocenters. The van der Waals surface area contributed by atoms with Crippen LogP contribution in [0.4, 0.5) is 11.4 Å². The third-order valence-electron chi connectivity index (χ3n) is 8.11. The number of ether oxygens (including phenoxy) is 1. The number of anilines is 2. The van der Waals surface area contributed by atoms with Gasteiger partial charge in [0.1, 0.15) is 6.04 Å². The van der Waals surface area contributed by atoms with Crippen molar-refractivity contribution < 1.29 is 4.74 Å². The second-order valence-electron chi connectivity index (χ2n) is 11.2. The fourth-order valence-corrected chi connectivity index (χ4v) is 7.21. The van der Waals surface area contributed by atoms with Gasteiger partial charge in [0.15, 0.2) is 5.11 Å². The molecule has 6 rings (SSSR count). The van der Waals surface area contributed by atoms with E-state index < -0.39 is 0 Å². The molecule has 0 radical (unpaired) electrons. The minimum atomic E-state index is -0.0934. The molecular formula is C30H36ClN5OS. The van der Waals surface area contributed by atoms with Gasteiger partial charge in [-0.1, -0.05) is 31.5 Å². The van der Waals surface area contributed by atoms with Crippen LogP contribution in [0, 0.1) is 11.8 Å². The van der Waals surface area contributed by atoms with Crippen molar-refractivity contribution in [1.82, 2.24) is 14.9 Å². The molecule has 5 heterocycles. The minimum Gasteiger partial charge on any atom is -0.376 e. The molecule has 8 heteroatoms. The SMILES string of the molecule is C[C@@H]1C[C@H](C)CN(c2ccc(N3C(=S)N[C@H](c4ccccn4)[C@H]3c3cccn3C[C@@H]3CCCO3)cc2Cl)C1. The van der Waals surface area contributed by atoms with E-state index in [4.69, 9.17) is 33.5 Å². The van der Waals surface area contributed by atoms with E-state index in [0.717, 1.165) is 61.2 Å². The lowest BCUT2D eigenvalue weighted by Crippen LogP contribution is -2.39. The number of halogens is 1. The van der Waals surface area contributed by atoms with Crippen LogP contribution in [0.5, 0.6) is 0 Å². The van der Waals surface area contributed by atoms with Crippen LogP contribution in [0.1, 0.15) is 56.6 Å². The summed E-state index contributed by atoms with van der Waals surface area (Å²) in [4.78, 5) is 9.36. The van der Waals surface area contributed by atoms with Gasteiger partial charge >= 0.3 is 0 Å². The highest BCUT2D eigenvalue weighted by Gasteiger charge is 2.42. The van der Waals surface area contributed by atoms with Gasteiger partial charge in [0.2, 0.25) is 0 Å². The highest BCUT2D eigenvalue weighted by molar-refractivity contribution is 7.80. The molecule has 3 saturated heterocycles. The number of nitrogens with zero attached hydrogens (tertiary/aromatic N) is 4. The number of aromatic nitrogens is 2. The Hall–Kier alpha value is -2.61. The van der Waals surface area contributed by atoms with Gasteiger partial charge in [-0.3, -0.25) is 4.98 Å². The van der Waals surface area contributed by atoms with E-state index in [-0.39, 0.29) is 18.2 Å². The summed E-state index contributed by atoms with van der Waals surface area (Å²) in [5.41, 5.74) is 4.24. The maximum absolute atomic E-state index is 6.99. The Bertz CT molecular complexity index is 1270. The number of thiocarbonyl (C=S) groups is 1. The Morgan fingerprint density at radius 3 is 2.66 bits per heavy atom.